The third-order valence-electron chi connectivity index (χ3n) is 4.64. The molecular weight excluding hydrogens is 373 g/mol. The fourth-order valence-corrected chi connectivity index (χ4v) is 4.15. The predicted octanol–water partition coefficient (Wildman–Crippen LogP) is 2.79. The zero-order valence-electron chi connectivity index (χ0n) is 14.5. The zero-order chi connectivity index (χ0) is 19.2. The van der Waals surface area contributed by atoms with Crippen LogP contribution in [0.5, 0.6) is 0 Å². The summed E-state index contributed by atoms with van der Waals surface area (Å²) in [4.78, 5) is 15.8. The van der Waals surface area contributed by atoms with E-state index in [1.165, 1.54) is 24.3 Å². The molecule has 1 spiro atoms. The van der Waals surface area contributed by atoms with Gasteiger partial charge in [-0.2, -0.15) is 13.2 Å². The quantitative estimate of drug-likeness (QED) is 0.844. The summed E-state index contributed by atoms with van der Waals surface area (Å²) in [5.74, 6) is -2.20. The third-order valence-corrected chi connectivity index (χ3v) is 5.40. The van der Waals surface area contributed by atoms with E-state index in [1.54, 1.807) is 18.4 Å². The van der Waals surface area contributed by atoms with Crippen LogP contribution in [-0.2, 0) is 20.8 Å². The molecule has 0 bridgehead atoms. The van der Waals surface area contributed by atoms with Gasteiger partial charge < -0.3 is 14.6 Å². The summed E-state index contributed by atoms with van der Waals surface area (Å²) in [7, 11) is 1.79. The first-order valence-corrected chi connectivity index (χ1v) is 9.18. The molecule has 1 aliphatic carbocycles. The molecule has 1 saturated heterocycles. The standard InChI is InChI=1S/C14H22N2O2S.C2HF3O2/c1-17-10-12-3-2-4-14(12)11-16(6-7-18-14)9-13-15-5-8-19-13;3-2(4,5)1(6)7/h5,8,12H,2-4,6-7,9-11H2,1H3;(H,6,7)/t12-,14+;/m0./s1. The molecule has 2 fully saturated rings. The fraction of sp³-hybridized carbons (Fsp3) is 0.750. The van der Waals surface area contributed by atoms with Gasteiger partial charge in [-0.15, -0.1) is 11.3 Å². The van der Waals surface area contributed by atoms with Gasteiger partial charge >= 0.3 is 12.1 Å². The van der Waals surface area contributed by atoms with Gasteiger partial charge in [0.05, 0.1) is 25.4 Å². The highest BCUT2D eigenvalue weighted by molar-refractivity contribution is 7.09. The lowest BCUT2D eigenvalue weighted by Crippen LogP contribution is -2.54. The van der Waals surface area contributed by atoms with Crippen molar-refractivity contribution >= 4 is 17.3 Å². The Morgan fingerprint density at radius 2 is 2.31 bits per heavy atom. The summed E-state index contributed by atoms with van der Waals surface area (Å²) in [5, 5.41) is 10.4. The van der Waals surface area contributed by atoms with Gasteiger partial charge in [-0.25, -0.2) is 9.78 Å². The Kier molecular flexibility index (Phi) is 7.39. The normalized spacial score (nSPS) is 26.5. The zero-order valence-corrected chi connectivity index (χ0v) is 15.3. The molecule has 1 aliphatic heterocycles. The highest BCUT2D eigenvalue weighted by Crippen LogP contribution is 2.41. The molecule has 6 nitrogen and oxygen atoms in total. The first-order chi connectivity index (χ1) is 12.3. The van der Waals surface area contributed by atoms with Gasteiger partial charge in [-0.1, -0.05) is 6.42 Å². The predicted molar refractivity (Wildman–Crippen MR) is 89.0 cm³/mol. The lowest BCUT2D eigenvalue weighted by Gasteiger charge is -2.43. The summed E-state index contributed by atoms with van der Waals surface area (Å²) in [6, 6.07) is 0. The molecular formula is C16H23F3N2O4S. The lowest BCUT2D eigenvalue weighted by molar-refractivity contribution is -0.192. The fourth-order valence-electron chi connectivity index (χ4n) is 3.49. The Morgan fingerprint density at radius 1 is 1.58 bits per heavy atom. The average molecular weight is 396 g/mol. The number of thiazole rings is 1. The molecule has 0 radical (unpaired) electrons. The molecule has 3 rings (SSSR count). The first kappa shape index (κ1) is 21.1. The van der Waals surface area contributed by atoms with Crippen molar-refractivity contribution in [3.8, 4) is 0 Å². The molecule has 0 aromatic carbocycles. The van der Waals surface area contributed by atoms with E-state index in [-0.39, 0.29) is 5.60 Å². The number of hydrogen-bond donors (Lipinski definition) is 1. The van der Waals surface area contributed by atoms with Crippen LogP contribution in [0, 0.1) is 5.92 Å². The Balaban J connectivity index is 0.000000298. The summed E-state index contributed by atoms with van der Waals surface area (Å²) in [5.41, 5.74) is 0.0333. The maximum absolute atomic E-state index is 10.6. The van der Waals surface area contributed by atoms with Crippen molar-refractivity contribution in [2.75, 3.05) is 33.4 Å². The second kappa shape index (κ2) is 9.12. The highest BCUT2D eigenvalue weighted by atomic mass is 32.1. The van der Waals surface area contributed by atoms with Crippen molar-refractivity contribution in [2.24, 2.45) is 5.92 Å². The monoisotopic (exact) mass is 396 g/mol. The molecule has 1 aromatic heterocycles. The van der Waals surface area contributed by atoms with Gasteiger partial charge in [-0.3, -0.25) is 4.90 Å². The van der Waals surface area contributed by atoms with Crippen LogP contribution < -0.4 is 0 Å². The molecule has 2 atom stereocenters. The maximum Gasteiger partial charge on any atom is 0.490 e. The van der Waals surface area contributed by atoms with Crippen LogP contribution >= 0.6 is 11.3 Å². The Morgan fingerprint density at radius 3 is 2.88 bits per heavy atom. The van der Waals surface area contributed by atoms with E-state index in [0.29, 0.717) is 5.92 Å². The number of ether oxygens (including phenoxy) is 2. The van der Waals surface area contributed by atoms with E-state index in [4.69, 9.17) is 19.4 Å². The molecule has 0 amide bonds. The van der Waals surface area contributed by atoms with Gasteiger partial charge in [0.25, 0.3) is 0 Å². The van der Waals surface area contributed by atoms with Crippen LogP contribution in [0.2, 0.25) is 0 Å². The van der Waals surface area contributed by atoms with E-state index >= 15 is 0 Å². The summed E-state index contributed by atoms with van der Waals surface area (Å²) in [6.07, 6.45) is 0.479. The van der Waals surface area contributed by atoms with Gasteiger partial charge in [0.15, 0.2) is 0 Å². The van der Waals surface area contributed by atoms with Crippen molar-refractivity contribution < 1.29 is 32.5 Å². The van der Waals surface area contributed by atoms with Crippen molar-refractivity contribution in [1.82, 2.24) is 9.88 Å². The molecule has 10 heteroatoms. The number of halogens is 3. The number of hydrogen-bond acceptors (Lipinski definition) is 6. The Bertz CT molecular complexity index is 570. The van der Waals surface area contributed by atoms with Crippen molar-refractivity contribution in [3.63, 3.8) is 0 Å². The number of carboxylic acid groups (broad SMARTS) is 1. The number of carboxylic acids is 1. The van der Waals surface area contributed by atoms with E-state index in [9.17, 15) is 13.2 Å². The summed E-state index contributed by atoms with van der Waals surface area (Å²) >= 11 is 1.74. The van der Waals surface area contributed by atoms with E-state index in [1.807, 2.05) is 6.20 Å². The van der Waals surface area contributed by atoms with Crippen molar-refractivity contribution in [3.05, 3.63) is 16.6 Å². The number of morpholine rings is 1. The number of rotatable bonds is 4. The molecule has 26 heavy (non-hydrogen) atoms. The topological polar surface area (TPSA) is 71.9 Å². The highest BCUT2D eigenvalue weighted by Gasteiger charge is 2.46. The van der Waals surface area contributed by atoms with E-state index in [0.717, 1.165) is 32.8 Å². The smallest absolute Gasteiger partial charge is 0.475 e. The lowest BCUT2D eigenvalue weighted by atomic mass is 9.89. The number of nitrogens with zero attached hydrogens (tertiary/aromatic N) is 2. The van der Waals surface area contributed by atoms with Crippen molar-refractivity contribution in [1.29, 1.82) is 0 Å². The minimum Gasteiger partial charge on any atom is -0.475 e. The van der Waals surface area contributed by atoms with Crippen LogP contribution in [0.15, 0.2) is 11.6 Å². The molecule has 148 valence electrons. The average Bonchev–Trinajstić information content (AvgIpc) is 3.19. The van der Waals surface area contributed by atoms with Crippen LogP contribution in [0.3, 0.4) is 0 Å². The molecule has 1 aromatic rings. The second-order valence-electron chi connectivity index (χ2n) is 6.40. The summed E-state index contributed by atoms with van der Waals surface area (Å²) < 4.78 is 43.3. The van der Waals surface area contributed by atoms with Crippen LogP contribution in [0.1, 0.15) is 24.3 Å². The number of methoxy groups -OCH3 is 1. The summed E-state index contributed by atoms with van der Waals surface area (Å²) in [6.45, 7) is 4.67. The third kappa shape index (κ3) is 5.63. The molecule has 2 aliphatic rings. The Hall–Kier alpha value is -1.23. The van der Waals surface area contributed by atoms with Gasteiger partial charge in [0.2, 0.25) is 0 Å². The largest absolute Gasteiger partial charge is 0.490 e. The van der Waals surface area contributed by atoms with Gasteiger partial charge in [-0.05, 0) is 12.8 Å². The Labute approximate surface area is 153 Å². The minimum atomic E-state index is -5.08. The molecule has 1 N–H and O–H groups in total. The second-order valence-corrected chi connectivity index (χ2v) is 7.38. The minimum absolute atomic E-state index is 0.0333. The van der Waals surface area contributed by atoms with Crippen molar-refractivity contribution in [2.45, 2.75) is 37.6 Å². The number of carbonyl (C=O) groups is 1. The molecule has 1 saturated carbocycles. The van der Waals surface area contributed by atoms with Crippen LogP contribution in [-0.4, -0.2) is 66.2 Å². The number of aromatic nitrogens is 1. The SMILES string of the molecule is COC[C@@H]1CCC[C@@]12CN(Cc1nccs1)CCO2.O=C(O)C(F)(F)F. The maximum atomic E-state index is 10.6. The molecule has 2 heterocycles. The van der Waals surface area contributed by atoms with Gasteiger partial charge in [0, 0.05) is 37.7 Å². The van der Waals surface area contributed by atoms with Crippen LogP contribution in [0.25, 0.3) is 0 Å². The van der Waals surface area contributed by atoms with E-state index in [2.05, 4.69) is 15.3 Å². The number of alkyl halides is 3. The number of aliphatic carboxylic acids is 1. The van der Waals surface area contributed by atoms with E-state index < -0.39 is 12.1 Å². The van der Waals surface area contributed by atoms with Gasteiger partial charge in [0.1, 0.15) is 5.01 Å². The first-order valence-electron chi connectivity index (χ1n) is 8.30. The molecule has 0 unspecified atom stereocenters. The van der Waals surface area contributed by atoms with Crippen LogP contribution in [0.4, 0.5) is 13.2 Å².